The smallest absolute Gasteiger partial charge is 0.135 e. The van der Waals surface area contributed by atoms with Crippen LogP contribution >= 0.6 is 0 Å². The van der Waals surface area contributed by atoms with Crippen molar-refractivity contribution in [1.82, 2.24) is 0 Å². The Hall–Kier alpha value is -0.0134. The largest absolute Gasteiger partial charge is 0.550 e. The van der Waals surface area contributed by atoms with E-state index in [0.29, 0.717) is 0 Å². The topological polar surface area (TPSA) is 97.3 Å². The van der Waals surface area contributed by atoms with Gasteiger partial charge in [-0.2, -0.15) is 0 Å². The second-order valence-corrected chi connectivity index (χ2v) is 1.74. The van der Waals surface area contributed by atoms with Crippen LogP contribution in [0.25, 0.3) is 0 Å². The fourth-order valence-corrected chi connectivity index (χ4v) is 0.203. The van der Waals surface area contributed by atoms with Crippen LogP contribution in [-0.2, 0) is 14.4 Å². The molecule has 0 aromatic rings. The van der Waals surface area contributed by atoms with E-state index in [4.69, 9.17) is 9.90 Å². The third-order valence-corrected chi connectivity index (χ3v) is 0.393. The zero-order valence-corrected chi connectivity index (χ0v) is 9.89. The summed E-state index contributed by atoms with van der Waals surface area (Å²) in [5.74, 6) is -2.77. The number of carbonyl (C=O) groups is 3. The van der Waals surface area contributed by atoms with Crippen molar-refractivity contribution in [3.8, 4) is 0 Å². The zero-order valence-electron chi connectivity index (χ0n) is 6.75. The van der Waals surface area contributed by atoms with Crippen LogP contribution in [0.2, 0.25) is 0 Å². The van der Waals surface area contributed by atoms with Gasteiger partial charge in [-0.25, -0.2) is 0 Å². The van der Waals surface area contributed by atoms with E-state index in [1.54, 1.807) is 0 Å². The number of hydrogen-bond donors (Lipinski definition) is 0. The van der Waals surface area contributed by atoms with Crippen molar-refractivity contribution >= 4 is 17.7 Å². The molecule has 0 aliphatic carbocycles. The maximum absolute atomic E-state index is 9.83. The minimum Gasteiger partial charge on any atom is -0.550 e. The monoisotopic (exact) mass is 300 g/mol. The van der Waals surface area contributed by atoms with Gasteiger partial charge in [0, 0.05) is 60.1 Å². The Kier molecular flexibility index (Phi) is 16.4. The molecule has 0 aliphatic rings. The Morgan fingerprint density at radius 2 is 1.33 bits per heavy atom. The summed E-state index contributed by atoms with van der Waals surface area (Å²) in [5.41, 5.74) is 0. The molecule has 0 radical (unpaired) electrons. The summed E-state index contributed by atoms with van der Waals surface area (Å²) in [6, 6.07) is 0. The average molecular weight is 300 g/mol. The molecular formula is C6H8CeO5-2. The van der Waals surface area contributed by atoms with Crippen LogP contribution in [0.1, 0.15) is 20.3 Å². The molecule has 0 unspecified atom stereocenters. The van der Waals surface area contributed by atoms with Crippen LogP contribution in [0.15, 0.2) is 0 Å². The third kappa shape index (κ3) is 50.7. The van der Waals surface area contributed by atoms with E-state index in [-0.39, 0.29) is 47.5 Å². The Labute approximate surface area is 104 Å². The van der Waals surface area contributed by atoms with Crippen molar-refractivity contribution in [3.05, 3.63) is 0 Å². The molecule has 0 atom stereocenters. The Bertz CT molecular complexity index is 149. The summed E-state index contributed by atoms with van der Waals surface area (Å²) in [7, 11) is 0. The van der Waals surface area contributed by atoms with Gasteiger partial charge in [0.1, 0.15) is 5.78 Å². The number of carbonyl (C=O) groups excluding carboxylic acids is 3. The normalized spacial score (nSPS) is 6.83. The van der Waals surface area contributed by atoms with Crippen molar-refractivity contribution in [2.75, 3.05) is 0 Å². The fraction of sp³-hybridized carbons (Fsp3) is 0.500. The molecule has 6 heteroatoms. The summed E-state index contributed by atoms with van der Waals surface area (Å²) >= 11 is 0. The van der Waals surface area contributed by atoms with Crippen LogP contribution in [0.5, 0.6) is 0 Å². The summed E-state index contributed by atoms with van der Waals surface area (Å²) in [6.07, 6.45) is -0.472. The Balaban J connectivity index is -0.000000142. The molecule has 0 aromatic heterocycles. The average Bonchev–Trinajstić information content (AvgIpc) is 1.56. The van der Waals surface area contributed by atoms with Gasteiger partial charge >= 0.3 is 0 Å². The predicted molar refractivity (Wildman–Crippen MR) is 31.0 cm³/mol. The number of aliphatic carboxylic acids is 2. The van der Waals surface area contributed by atoms with Crippen molar-refractivity contribution in [1.29, 1.82) is 0 Å². The number of hydrogen-bond acceptors (Lipinski definition) is 5. The van der Waals surface area contributed by atoms with E-state index in [9.17, 15) is 14.7 Å². The Morgan fingerprint density at radius 3 is 1.33 bits per heavy atom. The predicted octanol–water partition coefficient (Wildman–Crippen LogP) is -2.53. The van der Waals surface area contributed by atoms with Crippen LogP contribution in [0.3, 0.4) is 0 Å². The van der Waals surface area contributed by atoms with Gasteiger partial charge in [0.05, 0.1) is 0 Å². The maximum Gasteiger partial charge on any atom is 0.135 e. The Morgan fingerprint density at radius 1 is 1.08 bits per heavy atom. The fourth-order valence-electron chi connectivity index (χ4n) is 0.203. The molecule has 5 nitrogen and oxygen atoms in total. The van der Waals surface area contributed by atoms with Crippen LogP contribution in [-0.4, -0.2) is 17.7 Å². The minimum atomic E-state index is -1.31. The SMILES string of the molecule is CC(=O)CC(=O)[O-].CC(=O)[O-].[Ce]. The second-order valence-electron chi connectivity index (χ2n) is 1.74. The van der Waals surface area contributed by atoms with E-state index in [1.165, 1.54) is 6.92 Å². The number of carboxylic acid groups (broad SMARTS) is 2. The molecular weight excluding hydrogens is 292 g/mol. The molecule has 0 saturated heterocycles. The van der Waals surface area contributed by atoms with E-state index in [2.05, 4.69) is 0 Å². The number of rotatable bonds is 2. The molecule has 0 amide bonds. The van der Waals surface area contributed by atoms with Gasteiger partial charge in [-0.05, 0) is 13.8 Å². The van der Waals surface area contributed by atoms with Crippen molar-refractivity contribution in [3.63, 3.8) is 0 Å². The summed E-state index contributed by atoms with van der Waals surface area (Å²) in [6.45, 7) is 2.18. The molecule has 12 heavy (non-hydrogen) atoms. The number of ketones is 1. The first-order chi connectivity index (χ1) is 4.86. The van der Waals surface area contributed by atoms with Gasteiger partial charge in [-0.15, -0.1) is 0 Å². The van der Waals surface area contributed by atoms with Crippen molar-refractivity contribution in [2.45, 2.75) is 20.3 Å². The molecule has 0 spiro atoms. The first-order valence-electron chi connectivity index (χ1n) is 2.73. The van der Waals surface area contributed by atoms with E-state index in [1.807, 2.05) is 0 Å². The van der Waals surface area contributed by atoms with E-state index in [0.717, 1.165) is 6.92 Å². The maximum atomic E-state index is 9.83. The molecule has 0 rings (SSSR count). The van der Waals surface area contributed by atoms with Crippen molar-refractivity contribution in [2.24, 2.45) is 0 Å². The third-order valence-electron chi connectivity index (χ3n) is 0.393. The standard InChI is InChI=1S/C4H6O3.C2H4O2.Ce/c1-3(5)2-4(6)7;1-2(3)4;/h2H2,1H3,(H,6,7);1H3,(H,3,4);/p-2. The summed E-state index contributed by atoms with van der Waals surface area (Å²) in [4.78, 5) is 28.2. The molecule has 0 fully saturated rings. The number of Topliss-reactive ketones (excluding diaryl/α,β-unsaturated/α-hetero) is 1. The zero-order chi connectivity index (χ0) is 9.44. The van der Waals surface area contributed by atoms with Gasteiger partial charge in [0.2, 0.25) is 0 Å². The van der Waals surface area contributed by atoms with E-state index < -0.39 is 18.4 Å². The quantitative estimate of drug-likeness (QED) is 0.524. The number of carboxylic acids is 2. The van der Waals surface area contributed by atoms with Gasteiger partial charge in [0.15, 0.2) is 0 Å². The van der Waals surface area contributed by atoms with Gasteiger partial charge < -0.3 is 19.8 Å². The first-order valence-corrected chi connectivity index (χ1v) is 2.73. The molecule has 68 valence electrons. The molecule has 0 bridgehead atoms. The van der Waals surface area contributed by atoms with Gasteiger partial charge in [-0.3, -0.25) is 4.79 Å². The molecule has 0 saturated carbocycles. The first kappa shape index (κ1) is 17.9. The molecule has 0 N–H and O–H groups in total. The molecule has 0 aromatic carbocycles. The molecule has 0 heterocycles. The van der Waals surface area contributed by atoms with Crippen LogP contribution in [0, 0.1) is 41.7 Å². The van der Waals surface area contributed by atoms with Crippen molar-refractivity contribution < 1.29 is 66.3 Å². The molecule has 0 aliphatic heterocycles. The van der Waals surface area contributed by atoms with Gasteiger partial charge in [0.25, 0.3) is 0 Å². The summed E-state index contributed by atoms with van der Waals surface area (Å²) < 4.78 is 0. The van der Waals surface area contributed by atoms with Gasteiger partial charge in [-0.1, -0.05) is 0 Å². The second kappa shape index (κ2) is 11.0. The van der Waals surface area contributed by atoms with Crippen LogP contribution in [0.4, 0.5) is 0 Å². The summed E-state index contributed by atoms with van der Waals surface area (Å²) in [5, 5.41) is 18.4. The minimum absolute atomic E-state index is 0. The van der Waals surface area contributed by atoms with E-state index >= 15 is 0 Å². The van der Waals surface area contributed by atoms with Crippen LogP contribution < -0.4 is 10.2 Å².